The highest BCUT2D eigenvalue weighted by Crippen LogP contribution is 2.29. The Bertz CT molecular complexity index is 755. The second-order valence-electron chi connectivity index (χ2n) is 7.32. The van der Waals surface area contributed by atoms with E-state index >= 15 is 0 Å². The number of thiophene rings is 1. The first-order valence-electron chi connectivity index (χ1n) is 9.48. The van der Waals surface area contributed by atoms with Crippen molar-refractivity contribution < 1.29 is 4.79 Å². The molecule has 0 radical (unpaired) electrons. The Morgan fingerprint density at radius 3 is 2.85 bits per heavy atom. The van der Waals surface area contributed by atoms with Crippen molar-refractivity contribution in [1.29, 1.82) is 0 Å². The first-order chi connectivity index (χ1) is 12.7. The summed E-state index contributed by atoms with van der Waals surface area (Å²) in [7, 11) is 1.95. The van der Waals surface area contributed by atoms with Crippen LogP contribution >= 0.6 is 23.7 Å². The number of carbonyl (C=O) groups excluding carboxylic acids is 1. The molecule has 2 aromatic heterocycles. The summed E-state index contributed by atoms with van der Waals surface area (Å²) >= 11 is 1.83. The molecule has 2 fully saturated rings. The Kier molecular flexibility index (Phi) is 6.92. The summed E-state index contributed by atoms with van der Waals surface area (Å²) < 4.78 is 1.84. The normalized spacial score (nSPS) is 21.1. The van der Waals surface area contributed by atoms with E-state index in [-0.39, 0.29) is 18.3 Å². The summed E-state index contributed by atoms with van der Waals surface area (Å²) in [6, 6.07) is 4.40. The number of amides is 1. The zero-order valence-electron chi connectivity index (χ0n) is 15.8. The zero-order chi connectivity index (χ0) is 17.9. The molecule has 1 atom stereocenters. The van der Waals surface area contributed by atoms with Gasteiger partial charge in [-0.1, -0.05) is 0 Å². The van der Waals surface area contributed by atoms with Gasteiger partial charge in [0.2, 0.25) is 5.91 Å². The summed E-state index contributed by atoms with van der Waals surface area (Å²) in [5.74, 6) is 0.526. The highest BCUT2D eigenvalue weighted by Gasteiger charge is 2.30. The molecule has 2 aromatic rings. The molecular weight excluding hydrogens is 382 g/mol. The first-order valence-corrected chi connectivity index (χ1v) is 10.3. The lowest BCUT2D eigenvalue weighted by Gasteiger charge is -2.36. The van der Waals surface area contributed by atoms with E-state index in [4.69, 9.17) is 0 Å². The molecule has 8 heteroatoms. The van der Waals surface area contributed by atoms with Crippen molar-refractivity contribution in [2.24, 2.45) is 13.0 Å². The number of nitrogens with one attached hydrogen (secondary N) is 1. The van der Waals surface area contributed by atoms with E-state index in [1.807, 2.05) is 29.3 Å². The van der Waals surface area contributed by atoms with Crippen molar-refractivity contribution in [1.82, 2.24) is 24.9 Å². The second kappa shape index (κ2) is 9.19. The summed E-state index contributed by atoms with van der Waals surface area (Å²) in [5.41, 5.74) is 1.18. The van der Waals surface area contributed by atoms with E-state index in [0.29, 0.717) is 5.91 Å². The monoisotopic (exact) mass is 409 g/mol. The van der Waals surface area contributed by atoms with Crippen LogP contribution in [0.5, 0.6) is 0 Å². The van der Waals surface area contributed by atoms with Crippen LogP contribution in [0.25, 0.3) is 10.4 Å². The first kappa shape index (κ1) is 20.3. The van der Waals surface area contributed by atoms with E-state index in [9.17, 15) is 4.79 Å². The fraction of sp³-hybridized carbons (Fsp3) is 0.579. The Labute approximate surface area is 170 Å². The standard InChI is InChI=1S/C19H27N5OS.ClH/c1-22-12-16(11-21-22)18-5-4-17(26-18)14-23-8-2-3-15(13-23)19(25)24-9-6-20-7-10-24;/h4-5,11-12,15,20H,2-3,6-10,13-14H2,1H3;1H. The van der Waals surface area contributed by atoms with Crippen LogP contribution in [0.15, 0.2) is 24.5 Å². The van der Waals surface area contributed by atoms with E-state index in [1.54, 1.807) is 0 Å². The number of aryl methyl sites for hydroxylation is 1. The third-order valence-corrected chi connectivity index (χ3v) is 6.43. The van der Waals surface area contributed by atoms with Crippen molar-refractivity contribution in [3.05, 3.63) is 29.4 Å². The lowest BCUT2D eigenvalue weighted by Crippen LogP contribution is -2.51. The van der Waals surface area contributed by atoms with E-state index in [1.165, 1.54) is 15.3 Å². The van der Waals surface area contributed by atoms with Crippen molar-refractivity contribution in [3.63, 3.8) is 0 Å². The summed E-state index contributed by atoms with van der Waals surface area (Å²) in [6.45, 7) is 6.48. The average Bonchev–Trinajstić information content (AvgIpc) is 3.31. The lowest BCUT2D eigenvalue weighted by molar-refractivity contribution is -0.138. The number of piperidine rings is 1. The van der Waals surface area contributed by atoms with Crippen LogP contribution < -0.4 is 5.32 Å². The SMILES string of the molecule is Cl.Cn1cc(-c2ccc(CN3CCCC(C(=O)N4CCNCC4)C3)s2)cn1. The van der Waals surface area contributed by atoms with Gasteiger partial charge >= 0.3 is 0 Å². The van der Waals surface area contributed by atoms with Gasteiger partial charge in [0.05, 0.1) is 12.1 Å². The third kappa shape index (κ3) is 4.90. The highest BCUT2D eigenvalue weighted by molar-refractivity contribution is 7.15. The minimum absolute atomic E-state index is 0. The van der Waals surface area contributed by atoms with Gasteiger partial charge in [0, 0.05) is 67.8 Å². The van der Waals surface area contributed by atoms with Crippen molar-refractivity contribution in [2.45, 2.75) is 19.4 Å². The number of hydrogen-bond acceptors (Lipinski definition) is 5. The van der Waals surface area contributed by atoms with Gasteiger partial charge in [0.1, 0.15) is 0 Å². The maximum Gasteiger partial charge on any atom is 0.227 e. The van der Waals surface area contributed by atoms with Gasteiger partial charge in [-0.25, -0.2) is 0 Å². The van der Waals surface area contributed by atoms with Crippen LogP contribution in [0.4, 0.5) is 0 Å². The number of nitrogens with zero attached hydrogens (tertiary/aromatic N) is 4. The van der Waals surface area contributed by atoms with Gasteiger partial charge in [-0.3, -0.25) is 14.4 Å². The molecule has 4 rings (SSSR count). The Balaban J connectivity index is 0.00000210. The van der Waals surface area contributed by atoms with Gasteiger partial charge in [0.25, 0.3) is 0 Å². The number of aromatic nitrogens is 2. The summed E-state index contributed by atoms with van der Waals surface area (Å²) in [4.78, 5) is 19.9. The molecule has 0 saturated carbocycles. The largest absolute Gasteiger partial charge is 0.340 e. The Morgan fingerprint density at radius 2 is 2.11 bits per heavy atom. The number of likely N-dealkylation sites (tertiary alicyclic amines) is 1. The van der Waals surface area contributed by atoms with E-state index < -0.39 is 0 Å². The molecule has 0 aliphatic carbocycles. The number of hydrogen-bond donors (Lipinski definition) is 1. The molecule has 1 N–H and O–H groups in total. The topological polar surface area (TPSA) is 53.4 Å². The fourth-order valence-corrected chi connectivity index (χ4v) is 4.96. The van der Waals surface area contributed by atoms with Crippen LogP contribution in [0.2, 0.25) is 0 Å². The molecule has 2 aliphatic rings. The van der Waals surface area contributed by atoms with Gasteiger partial charge < -0.3 is 10.2 Å². The van der Waals surface area contributed by atoms with Crippen LogP contribution in [0.3, 0.4) is 0 Å². The zero-order valence-corrected chi connectivity index (χ0v) is 17.4. The maximum atomic E-state index is 12.8. The minimum Gasteiger partial charge on any atom is -0.340 e. The number of carbonyl (C=O) groups is 1. The molecular formula is C19H28ClN5OS. The van der Waals surface area contributed by atoms with Gasteiger partial charge in [0.15, 0.2) is 0 Å². The number of piperazine rings is 1. The van der Waals surface area contributed by atoms with Crippen molar-refractivity contribution in [3.8, 4) is 10.4 Å². The van der Waals surface area contributed by atoms with Gasteiger partial charge in [-0.2, -0.15) is 5.10 Å². The van der Waals surface area contributed by atoms with Crippen LogP contribution in [0.1, 0.15) is 17.7 Å². The minimum atomic E-state index is 0. The van der Waals surface area contributed by atoms with E-state index in [0.717, 1.165) is 58.7 Å². The second-order valence-corrected chi connectivity index (χ2v) is 8.49. The Hall–Kier alpha value is -1.41. The summed E-state index contributed by atoms with van der Waals surface area (Å²) in [6.07, 6.45) is 6.12. The van der Waals surface area contributed by atoms with Gasteiger partial charge in [-0.15, -0.1) is 23.7 Å². The highest BCUT2D eigenvalue weighted by atomic mass is 35.5. The molecule has 0 aromatic carbocycles. The number of halogens is 1. The molecule has 1 unspecified atom stereocenters. The molecule has 0 spiro atoms. The van der Waals surface area contributed by atoms with E-state index in [2.05, 4.69) is 38.5 Å². The maximum absolute atomic E-state index is 12.8. The average molecular weight is 410 g/mol. The smallest absolute Gasteiger partial charge is 0.227 e. The predicted molar refractivity (Wildman–Crippen MR) is 111 cm³/mol. The third-order valence-electron chi connectivity index (χ3n) is 5.31. The molecule has 148 valence electrons. The predicted octanol–water partition coefficient (Wildman–Crippen LogP) is 2.21. The molecule has 1 amide bonds. The Morgan fingerprint density at radius 1 is 1.30 bits per heavy atom. The molecule has 4 heterocycles. The van der Waals surface area contributed by atoms with Gasteiger partial charge in [-0.05, 0) is 31.5 Å². The molecule has 2 aliphatic heterocycles. The van der Waals surface area contributed by atoms with Crippen molar-refractivity contribution >= 4 is 29.7 Å². The fourth-order valence-electron chi connectivity index (χ4n) is 3.93. The van der Waals surface area contributed by atoms with Crippen LogP contribution in [-0.2, 0) is 18.4 Å². The van der Waals surface area contributed by atoms with Crippen LogP contribution in [-0.4, -0.2) is 64.8 Å². The molecule has 2 saturated heterocycles. The quantitative estimate of drug-likeness (QED) is 0.841. The van der Waals surface area contributed by atoms with Crippen molar-refractivity contribution in [2.75, 3.05) is 39.3 Å². The molecule has 27 heavy (non-hydrogen) atoms. The number of rotatable bonds is 4. The molecule has 6 nitrogen and oxygen atoms in total. The summed E-state index contributed by atoms with van der Waals surface area (Å²) in [5, 5.41) is 7.58. The van der Waals surface area contributed by atoms with Crippen LogP contribution in [0, 0.1) is 5.92 Å². The molecule has 0 bridgehead atoms. The lowest BCUT2D eigenvalue weighted by atomic mass is 9.96.